The van der Waals surface area contributed by atoms with Crippen LogP contribution in [0.2, 0.25) is 0 Å². The molecule has 66 valence electrons. The first-order valence-corrected chi connectivity index (χ1v) is 5.07. The zero-order valence-corrected chi connectivity index (χ0v) is 8.28. The minimum atomic E-state index is 0.247. The Morgan fingerprint density at radius 2 is 2.42 bits per heavy atom. The number of ketones is 1. The minimum Gasteiger partial charge on any atom is -0.293 e. The smallest absolute Gasteiger partial charge is 0.174 e. The number of nitrogens with zero attached hydrogens (tertiary/aromatic N) is 1. The van der Waals surface area contributed by atoms with E-state index in [0.29, 0.717) is 6.42 Å². The molecule has 12 heavy (non-hydrogen) atoms. The van der Waals surface area contributed by atoms with Crippen LogP contribution in [0.25, 0.3) is 0 Å². The van der Waals surface area contributed by atoms with Gasteiger partial charge >= 0.3 is 0 Å². The van der Waals surface area contributed by atoms with Crippen LogP contribution in [0.15, 0.2) is 5.51 Å². The molecule has 0 radical (unpaired) electrons. The predicted molar refractivity (Wildman–Crippen MR) is 50.7 cm³/mol. The topological polar surface area (TPSA) is 30.0 Å². The number of thiazole rings is 1. The third kappa shape index (κ3) is 2.14. The number of hydrogen-bond acceptors (Lipinski definition) is 3. The maximum absolute atomic E-state index is 11.5. The number of aryl methyl sites for hydroxylation is 1. The molecule has 0 saturated carbocycles. The largest absolute Gasteiger partial charge is 0.293 e. The van der Waals surface area contributed by atoms with Gasteiger partial charge in [0.25, 0.3) is 0 Å². The molecule has 1 rings (SSSR count). The molecule has 0 aromatic carbocycles. The third-order valence-corrected chi connectivity index (χ3v) is 2.73. The lowest BCUT2D eigenvalue weighted by molar-refractivity contribution is 0.0983. The van der Waals surface area contributed by atoms with E-state index < -0.39 is 0 Å². The number of carbonyl (C=O) groups excluding carboxylic acids is 1. The van der Waals surface area contributed by atoms with Crippen molar-refractivity contribution in [1.29, 1.82) is 0 Å². The van der Waals surface area contributed by atoms with Crippen LogP contribution in [0.3, 0.4) is 0 Å². The summed E-state index contributed by atoms with van der Waals surface area (Å²) in [5.41, 5.74) is 2.61. The standard InChI is InChI=1S/C9H13NOS/c1-3-4-5-8(11)9-7(2)10-6-12-9/h6H,3-5H2,1-2H3. The Labute approximate surface area is 76.6 Å². The number of aromatic nitrogens is 1. The van der Waals surface area contributed by atoms with E-state index in [1.807, 2.05) is 6.92 Å². The normalized spacial score (nSPS) is 10.2. The van der Waals surface area contributed by atoms with Gasteiger partial charge < -0.3 is 0 Å². The molecular formula is C9H13NOS. The maximum Gasteiger partial charge on any atom is 0.174 e. The molecule has 0 atom stereocenters. The van der Waals surface area contributed by atoms with Gasteiger partial charge in [-0.3, -0.25) is 4.79 Å². The Morgan fingerprint density at radius 3 is 2.92 bits per heavy atom. The van der Waals surface area contributed by atoms with E-state index in [-0.39, 0.29) is 5.78 Å². The first-order valence-electron chi connectivity index (χ1n) is 4.19. The van der Waals surface area contributed by atoms with Crippen LogP contribution in [0.4, 0.5) is 0 Å². The van der Waals surface area contributed by atoms with Gasteiger partial charge in [0.15, 0.2) is 5.78 Å². The van der Waals surface area contributed by atoms with Gasteiger partial charge in [-0.1, -0.05) is 13.3 Å². The summed E-state index contributed by atoms with van der Waals surface area (Å²) < 4.78 is 0. The summed E-state index contributed by atoms with van der Waals surface area (Å²) in [6.07, 6.45) is 2.72. The molecule has 0 aliphatic heterocycles. The molecule has 0 fully saturated rings. The van der Waals surface area contributed by atoms with Crippen LogP contribution in [-0.4, -0.2) is 10.8 Å². The first-order chi connectivity index (χ1) is 5.75. The van der Waals surface area contributed by atoms with Gasteiger partial charge in [-0.25, -0.2) is 4.98 Å². The molecule has 0 saturated heterocycles. The Hall–Kier alpha value is -0.700. The monoisotopic (exact) mass is 183 g/mol. The minimum absolute atomic E-state index is 0.247. The van der Waals surface area contributed by atoms with Crippen molar-refractivity contribution >= 4 is 17.1 Å². The Balaban J connectivity index is 2.59. The quantitative estimate of drug-likeness (QED) is 0.672. The van der Waals surface area contributed by atoms with Crippen molar-refractivity contribution in [1.82, 2.24) is 4.98 Å². The summed E-state index contributed by atoms with van der Waals surface area (Å²) in [4.78, 5) is 16.3. The fraction of sp³-hybridized carbons (Fsp3) is 0.556. The molecule has 3 heteroatoms. The molecule has 1 heterocycles. The molecule has 0 aliphatic carbocycles. The van der Waals surface area contributed by atoms with Crippen LogP contribution < -0.4 is 0 Å². The molecule has 0 amide bonds. The lowest BCUT2D eigenvalue weighted by Gasteiger charge is -1.95. The van der Waals surface area contributed by atoms with Crippen LogP contribution in [-0.2, 0) is 0 Å². The Morgan fingerprint density at radius 1 is 1.67 bits per heavy atom. The summed E-state index contributed by atoms with van der Waals surface area (Å²) in [6, 6.07) is 0. The average Bonchev–Trinajstić information content (AvgIpc) is 2.47. The molecule has 0 N–H and O–H groups in total. The summed E-state index contributed by atoms with van der Waals surface area (Å²) in [5, 5.41) is 0. The van der Waals surface area contributed by atoms with Crippen molar-refractivity contribution in [3.63, 3.8) is 0 Å². The van der Waals surface area contributed by atoms with Gasteiger partial charge in [-0.05, 0) is 13.3 Å². The maximum atomic E-state index is 11.5. The molecule has 0 bridgehead atoms. The lowest BCUT2D eigenvalue weighted by atomic mass is 10.1. The highest BCUT2D eigenvalue weighted by atomic mass is 32.1. The molecule has 1 aromatic heterocycles. The van der Waals surface area contributed by atoms with E-state index in [1.165, 1.54) is 11.3 Å². The van der Waals surface area contributed by atoms with Crippen molar-refractivity contribution in [2.75, 3.05) is 0 Å². The molecule has 0 aliphatic rings. The Kier molecular flexibility index (Phi) is 3.41. The summed E-state index contributed by atoms with van der Waals surface area (Å²) >= 11 is 1.45. The summed E-state index contributed by atoms with van der Waals surface area (Å²) in [5.74, 6) is 0.247. The molecule has 0 unspecified atom stereocenters. The number of carbonyl (C=O) groups is 1. The number of hydrogen-bond donors (Lipinski definition) is 0. The van der Waals surface area contributed by atoms with Crippen LogP contribution in [0, 0.1) is 6.92 Å². The highest BCUT2D eigenvalue weighted by molar-refractivity contribution is 7.11. The molecule has 1 aromatic rings. The van der Waals surface area contributed by atoms with Gasteiger partial charge in [0.05, 0.1) is 16.1 Å². The number of Topliss-reactive ketones (excluding diaryl/α,β-unsaturated/α-hetero) is 1. The van der Waals surface area contributed by atoms with Gasteiger partial charge in [0, 0.05) is 6.42 Å². The highest BCUT2D eigenvalue weighted by Crippen LogP contribution is 2.15. The third-order valence-electron chi connectivity index (χ3n) is 1.76. The number of rotatable bonds is 4. The van der Waals surface area contributed by atoms with E-state index in [4.69, 9.17) is 0 Å². The SMILES string of the molecule is CCCCC(=O)c1scnc1C. The van der Waals surface area contributed by atoms with Gasteiger partial charge in [0.1, 0.15) is 0 Å². The van der Waals surface area contributed by atoms with E-state index >= 15 is 0 Å². The van der Waals surface area contributed by atoms with Gasteiger partial charge in [-0.2, -0.15) is 0 Å². The van der Waals surface area contributed by atoms with Crippen LogP contribution >= 0.6 is 11.3 Å². The van der Waals surface area contributed by atoms with Gasteiger partial charge in [-0.15, -0.1) is 11.3 Å². The zero-order chi connectivity index (χ0) is 8.97. The zero-order valence-electron chi connectivity index (χ0n) is 7.46. The van der Waals surface area contributed by atoms with E-state index in [2.05, 4.69) is 11.9 Å². The first kappa shape index (κ1) is 9.39. The van der Waals surface area contributed by atoms with Crippen LogP contribution in [0.5, 0.6) is 0 Å². The summed E-state index contributed by atoms with van der Waals surface area (Å²) in [7, 11) is 0. The Bertz CT molecular complexity index is 267. The van der Waals surface area contributed by atoms with Gasteiger partial charge in [0.2, 0.25) is 0 Å². The fourth-order valence-corrected chi connectivity index (χ4v) is 1.79. The molecule has 2 nitrogen and oxygen atoms in total. The van der Waals surface area contributed by atoms with E-state index in [0.717, 1.165) is 23.4 Å². The number of unbranched alkanes of at least 4 members (excludes halogenated alkanes) is 1. The van der Waals surface area contributed by atoms with Crippen molar-refractivity contribution in [3.05, 3.63) is 16.1 Å². The molecule has 0 spiro atoms. The van der Waals surface area contributed by atoms with Crippen molar-refractivity contribution in [3.8, 4) is 0 Å². The molecular weight excluding hydrogens is 170 g/mol. The second-order valence-electron chi connectivity index (χ2n) is 2.79. The van der Waals surface area contributed by atoms with Crippen molar-refractivity contribution in [2.45, 2.75) is 33.1 Å². The average molecular weight is 183 g/mol. The second kappa shape index (κ2) is 4.36. The van der Waals surface area contributed by atoms with Crippen molar-refractivity contribution in [2.24, 2.45) is 0 Å². The van der Waals surface area contributed by atoms with Crippen LogP contribution in [0.1, 0.15) is 41.6 Å². The highest BCUT2D eigenvalue weighted by Gasteiger charge is 2.09. The van der Waals surface area contributed by atoms with Crippen molar-refractivity contribution < 1.29 is 4.79 Å². The van der Waals surface area contributed by atoms with E-state index in [9.17, 15) is 4.79 Å². The van der Waals surface area contributed by atoms with E-state index in [1.54, 1.807) is 5.51 Å². The lowest BCUT2D eigenvalue weighted by Crippen LogP contribution is -1.97. The second-order valence-corrected chi connectivity index (χ2v) is 3.65. The fourth-order valence-electron chi connectivity index (χ4n) is 1.02. The summed E-state index contributed by atoms with van der Waals surface area (Å²) in [6.45, 7) is 3.97. The predicted octanol–water partition coefficient (Wildman–Crippen LogP) is 2.82.